The van der Waals surface area contributed by atoms with Gasteiger partial charge in [0, 0.05) is 25.5 Å². The van der Waals surface area contributed by atoms with Crippen LogP contribution in [0.4, 0.5) is 0 Å². The molecule has 0 fully saturated rings. The smallest absolute Gasteiger partial charge is 0.240 e. The van der Waals surface area contributed by atoms with Crippen LogP contribution in [-0.2, 0) is 17.8 Å². The molecule has 1 aromatic carbocycles. The Morgan fingerprint density at radius 2 is 1.88 bits per heavy atom. The van der Waals surface area contributed by atoms with E-state index in [4.69, 9.17) is 5.73 Å². The number of unbranched alkanes of at least 4 members (excludes halogenated alkanes) is 1. The molecule has 0 saturated heterocycles. The highest BCUT2D eigenvalue weighted by Crippen LogP contribution is 2.13. The second-order valence-corrected chi connectivity index (χ2v) is 5.95. The van der Waals surface area contributed by atoms with E-state index >= 15 is 0 Å². The topological polar surface area (TPSA) is 79.5 Å². The van der Waals surface area contributed by atoms with Crippen molar-refractivity contribution in [2.75, 3.05) is 6.54 Å². The predicted molar refractivity (Wildman–Crippen MR) is 109 cm³/mol. The molecule has 0 spiro atoms. The molecule has 7 heteroatoms. The van der Waals surface area contributed by atoms with Crippen molar-refractivity contribution in [2.45, 2.75) is 38.8 Å². The Kier molecular flexibility index (Phi) is 11.6. The number of halogens is 2. The van der Waals surface area contributed by atoms with Crippen molar-refractivity contribution in [2.24, 2.45) is 5.73 Å². The summed E-state index contributed by atoms with van der Waals surface area (Å²) < 4.78 is 0. The van der Waals surface area contributed by atoms with Crippen LogP contribution in [0.2, 0.25) is 0 Å². The van der Waals surface area contributed by atoms with Gasteiger partial charge in [0.05, 0.1) is 6.04 Å². The van der Waals surface area contributed by atoms with Crippen LogP contribution in [0.3, 0.4) is 0 Å². The third-order valence-corrected chi connectivity index (χ3v) is 3.90. The molecule has 0 saturated carbocycles. The molecule has 26 heavy (non-hydrogen) atoms. The number of carbonyl (C=O) groups is 1. The van der Waals surface area contributed by atoms with Crippen LogP contribution in [-0.4, -0.2) is 33.5 Å². The molecule has 1 heterocycles. The lowest BCUT2D eigenvalue weighted by molar-refractivity contribution is -0.133. The van der Waals surface area contributed by atoms with E-state index in [0.29, 0.717) is 19.5 Å². The molecule has 3 N–H and O–H groups in total. The van der Waals surface area contributed by atoms with Gasteiger partial charge in [-0.25, -0.2) is 0 Å². The van der Waals surface area contributed by atoms with E-state index in [2.05, 4.69) is 11.9 Å². The Morgan fingerprint density at radius 1 is 1.19 bits per heavy atom. The number of carbonyl (C=O) groups excluding carboxylic acids is 1. The van der Waals surface area contributed by atoms with Crippen LogP contribution in [0.1, 0.15) is 30.9 Å². The Hall–Kier alpha value is -1.82. The molecule has 2 aromatic rings. The highest BCUT2D eigenvalue weighted by molar-refractivity contribution is 5.85. The number of nitrogens with zero attached hydrogens (tertiary/aromatic N) is 2. The number of aromatic nitrogens is 1. The van der Waals surface area contributed by atoms with Crippen molar-refractivity contribution in [1.29, 1.82) is 0 Å². The summed E-state index contributed by atoms with van der Waals surface area (Å²) in [6.45, 7) is 3.31. The number of aromatic hydroxyl groups is 1. The molecule has 1 aromatic heterocycles. The maximum Gasteiger partial charge on any atom is 0.240 e. The third-order valence-electron chi connectivity index (χ3n) is 3.90. The van der Waals surface area contributed by atoms with Gasteiger partial charge >= 0.3 is 0 Å². The molecule has 0 unspecified atom stereocenters. The number of rotatable bonds is 8. The minimum atomic E-state index is -0.594. The molecule has 5 nitrogen and oxygen atoms in total. The van der Waals surface area contributed by atoms with Gasteiger partial charge in [-0.05, 0) is 42.2 Å². The Bertz CT molecular complexity index is 639. The second kappa shape index (κ2) is 12.5. The molecular formula is C19H27Cl2N3O2. The number of pyridine rings is 1. The summed E-state index contributed by atoms with van der Waals surface area (Å²) in [7, 11) is 0. The fourth-order valence-corrected chi connectivity index (χ4v) is 2.54. The van der Waals surface area contributed by atoms with Crippen LogP contribution in [0.5, 0.6) is 5.75 Å². The first kappa shape index (κ1) is 24.2. The highest BCUT2D eigenvalue weighted by Gasteiger charge is 2.21. The van der Waals surface area contributed by atoms with Crippen LogP contribution in [0.25, 0.3) is 0 Å². The molecule has 144 valence electrons. The first-order chi connectivity index (χ1) is 11.6. The maximum absolute atomic E-state index is 12.8. The average Bonchev–Trinajstić information content (AvgIpc) is 2.60. The van der Waals surface area contributed by atoms with E-state index in [1.807, 2.05) is 17.0 Å². The summed E-state index contributed by atoms with van der Waals surface area (Å²) in [5, 5.41) is 9.34. The quantitative estimate of drug-likeness (QED) is 0.713. The van der Waals surface area contributed by atoms with E-state index in [0.717, 1.165) is 24.0 Å². The summed E-state index contributed by atoms with van der Waals surface area (Å²) >= 11 is 0. The number of benzene rings is 1. The van der Waals surface area contributed by atoms with E-state index in [-0.39, 0.29) is 36.5 Å². The Labute approximate surface area is 167 Å². The molecule has 1 amide bonds. The summed E-state index contributed by atoms with van der Waals surface area (Å²) in [5.41, 5.74) is 8.08. The Morgan fingerprint density at radius 3 is 2.46 bits per heavy atom. The van der Waals surface area contributed by atoms with Crippen molar-refractivity contribution in [3.63, 3.8) is 0 Å². The number of hydrogen-bond acceptors (Lipinski definition) is 4. The molecule has 0 aliphatic rings. The molecule has 0 radical (unpaired) electrons. The highest BCUT2D eigenvalue weighted by atomic mass is 35.5. The van der Waals surface area contributed by atoms with Crippen molar-refractivity contribution in [3.05, 3.63) is 59.9 Å². The average molecular weight is 400 g/mol. The first-order valence-corrected chi connectivity index (χ1v) is 8.31. The predicted octanol–water partition coefficient (Wildman–Crippen LogP) is 3.33. The zero-order valence-electron chi connectivity index (χ0n) is 14.9. The van der Waals surface area contributed by atoms with Crippen molar-refractivity contribution < 1.29 is 9.90 Å². The van der Waals surface area contributed by atoms with Crippen LogP contribution < -0.4 is 5.73 Å². The third kappa shape index (κ3) is 7.60. The lowest BCUT2D eigenvalue weighted by Crippen LogP contribution is -2.45. The van der Waals surface area contributed by atoms with E-state index in [1.54, 1.807) is 36.7 Å². The molecule has 0 bridgehead atoms. The standard InChI is InChI=1S/C19H25N3O2.2ClH/c1-2-3-11-22(14-16-5-4-10-21-13-16)19(24)18(20)12-15-6-8-17(23)9-7-15;;/h4-10,13,18,23H,2-3,11-12,14,20H2,1H3;2*1H/t18-;;/m0../s1. The number of hydrogen-bond donors (Lipinski definition) is 2. The molecule has 2 rings (SSSR count). The SMILES string of the molecule is CCCCN(Cc1cccnc1)C(=O)[C@@H](N)Cc1ccc(O)cc1.Cl.Cl. The number of phenolic OH excluding ortho intramolecular Hbond substituents is 1. The van der Waals surface area contributed by atoms with Gasteiger partial charge in [0.15, 0.2) is 0 Å². The Balaban J connectivity index is 0.00000312. The fourth-order valence-electron chi connectivity index (χ4n) is 2.54. The summed E-state index contributed by atoms with van der Waals surface area (Å²) in [4.78, 5) is 18.7. The van der Waals surface area contributed by atoms with Crippen LogP contribution >= 0.6 is 24.8 Å². The summed E-state index contributed by atoms with van der Waals surface area (Å²) in [5.74, 6) is 0.153. The van der Waals surface area contributed by atoms with Gasteiger partial charge in [-0.3, -0.25) is 9.78 Å². The lowest BCUT2D eigenvalue weighted by Gasteiger charge is -2.26. The molecular weight excluding hydrogens is 373 g/mol. The monoisotopic (exact) mass is 399 g/mol. The molecule has 1 atom stereocenters. The summed E-state index contributed by atoms with van der Waals surface area (Å²) in [6, 6.07) is 10.0. The van der Waals surface area contributed by atoms with Crippen LogP contribution in [0, 0.1) is 0 Å². The normalized spacial score (nSPS) is 11.0. The van der Waals surface area contributed by atoms with E-state index in [9.17, 15) is 9.90 Å². The van der Waals surface area contributed by atoms with Gasteiger partial charge in [-0.1, -0.05) is 31.5 Å². The van der Waals surface area contributed by atoms with Gasteiger partial charge in [0.25, 0.3) is 0 Å². The minimum absolute atomic E-state index is 0. The number of phenols is 1. The van der Waals surface area contributed by atoms with Gasteiger partial charge in [-0.15, -0.1) is 24.8 Å². The van der Waals surface area contributed by atoms with Gasteiger partial charge in [-0.2, -0.15) is 0 Å². The van der Waals surface area contributed by atoms with Crippen molar-refractivity contribution in [3.8, 4) is 5.75 Å². The van der Waals surface area contributed by atoms with Gasteiger partial charge < -0.3 is 15.7 Å². The van der Waals surface area contributed by atoms with Gasteiger partial charge in [0.1, 0.15) is 5.75 Å². The fraction of sp³-hybridized carbons (Fsp3) is 0.368. The number of amides is 1. The van der Waals surface area contributed by atoms with Crippen molar-refractivity contribution >= 4 is 30.7 Å². The second-order valence-electron chi connectivity index (χ2n) is 5.95. The zero-order chi connectivity index (χ0) is 17.4. The maximum atomic E-state index is 12.8. The molecule has 0 aliphatic heterocycles. The largest absolute Gasteiger partial charge is 0.508 e. The molecule has 0 aliphatic carbocycles. The summed E-state index contributed by atoms with van der Waals surface area (Å²) in [6.07, 6.45) is 5.91. The van der Waals surface area contributed by atoms with Crippen molar-refractivity contribution in [1.82, 2.24) is 9.88 Å². The number of nitrogens with two attached hydrogens (primary N) is 1. The zero-order valence-corrected chi connectivity index (χ0v) is 16.5. The minimum Gasteiger partial charge on any atom is -0.508 e. The van der Waals surface area contributed by atoms with E-state index < -0.39 is 6.04 Å². The van der Waals surface area contributed by atoms with Gasteiger partial charge in [0.2, 0.25) is 5.91 Å². The van der Waals surface area contributed by atoms with Crippen LogP contribution in [0.15, 0.2) is 48.8 Å². The first-order valence-electron chi connectivity index (χ1n) is 8.31. The lowest BCUT2D eigenvalue weighted by atomic mass is 10.0. The van der Waals surface area contributed by atoms with E-state index in [1.165, 1.54) is 0 Å².